The van der Waals surface area contributed by atoms with Gasteiger partial charge < -0.3 is 9.42 Å². The van der Waals surface area contributed by atoms with Gasteiger partial charge in [0.05, 0.1) is 5.56 Å². The summed E-state index contributed by atoms with van der Waals surface area (Å²) in [5.41, 5.74) is 1.79. The van der Waals surface area contributed by atoms with E-state index in [1.54, 1.807) is 0 Å². The van der Waals surface area contributed by atoms with E-state index in [1.165, 1.54) is 12.8 Å². The van der Waals surface area contributed by atoms with Crippen LogP contribution in [0.5, 0.6) is 0 Å². The maximum Gasteiger partial charge on any atom is 0.259 e. The van der Waals surface area contributed by atoms with Gasteiger partial charge in [-0.2, -0.15) is 4.98 Å². The van der Waals surface area contributed by atoms with Crippen LogP contribution in [0.25, 0.3) is 22.8 Å². The second kappa shape index (κ2) is 6.43. The predicted molar refractivity (Wildman–Crippen MR) is 93.6 cm³/mol. The highest BCUT2D eigenvalue weighted by Gasteiger charge is 2.17. The molecule has 0 atom stereocenters. The molecule has 0 aliphatic carbocycles. The minimum absolute atomic E-state index is 0.500. The van der Waals surface area contributed by atoms with E-state index >= 15 is 0 Å². The lowest BCUT2D eigenvalue weighted by molar-refractivity contribution is 0.431. The van der Waals surface area contributed by atoms with Gasteiger partial charge in [0.15, 0.2) is 0 Å². The van der Waals surface area contributed by atoms with Gasteiger partial charge >= 0.3 is 0 Å². The van der Waals surface area contributed by atoms with Crippen molar-refractivity contribution in [3.63, 3.8) is 0 Å². The Hall–Kier alpha value is -2.69. The Morgan fingerprint density at radius 1 is 1.00 bits per heavy atom. The first-order chi connectivity index (χ1) is 11.8. The fourth-order valence-electron chi connectivity index (χ4n) is 2.98. The van der Waals surface area contributed by atoms with E-state index in [9.17, 15) is 0 Å². The van der Waals surface area contributed by atoms with Crippen LogP contribution in [0.1, 0.15) is 19.8 Å². The molecule has 1 fully saturated rings. The van der Waals surface area contributed by atoms with Gasteiger partial charge in [-0.3, -0.25) is 0 Å². The smallest absolute Gasteiger partial charge is 0.259 e. The summed E-state index contributed by atoms with van der Waals surface area (Å²) >= 11 is 0. The quantitative estimate of drug-likeness (QED) is 0.729. The van der Waals surface area contributed by atoms with E-state index in [-0.39, 0.29) is 0 Å². The van der Waals surface area contributed by atoms with Crippen LogP contribution in [0.15, 0.2) is 53.2 Å². The summed E-state index contributed by atoms with van der Waals surface area (Å²) in [7, 11) is 0. The summed E-state index contributed by atoms with van der Waals surface area (Å²) in [5.74, 6) is 2.93. The molecule has 1 aromatic carbocycles. The van der Waals surface area contributed by atoms with Gasteiger partial charge in [0.2, 0.25) is 5.82 Å². The van der Waals surface area contributed by atoms with E-state index in [1.807, 2.05) is 48.7 Å². The molecule has 0 saturated carbocycles. The summed E-state index contributed by atoms with van der Waals surface area (Å²) in [4.78, 5) is 11.4. The van der Waals surface area contributed by atoms with Gasteiger partial charge in [-0.1, -0.05) is 42.4 Å². The average molecular weight is 320 g/mol. The van der Waals surface area contributed by atoms with Gasteiger partial charge in [0.25, 0.3) is 5.89 Å². The Labute approximate surface area is 141 Å². The Balaban J connectivity index is 1.52. The molecule has 122 valence electrons. The van der Waals surface area contributed by atoms with Crippen molar-refractivity contribution in [1.29, 1.82) is 0 Å². The van der Waals surface area contributed by atoms with Crippen molar-refractivity contribution < 1.29 is 4.52 Å². The molecule has 0 unspecified atom stereocenters. The van der Waals surface area contributed by atoms with Crippen molar-refractivity contribution in [3.05, 3.63) is 48.7 Å². The van der Waals surface area contributed by atoms with E-state index in [0.29, 0.717) is 11.7 Å². The van der Waals surface area contributed by atoms with Crippen LogP contribution in [-0.2, 0) is 0 Å². The van der Waals surface area contributed by atoms with E-state index in [4.69, 9.17) is 4.52 Å². The normalized spacial score (nSPS) is 15.6. The van der Waals surface area contributed by atoms with Gasteiger partial charge in [-0.25, -0.2) is 4.98 Å². The lowest BCUT2D eigenvalue weighted by Crippen LogP contribution is -2.33. The average Bonchev–Trinajstić information content (AvgIpc) is 3.13. The molecule has 2 aromatic heterocycles. The lowest BCUT2D eigenvalue weighted by Gasteiger charge is -2.31. The highest BCUT2D eigenvalue weighted by Crippen LogP contribution is 2.25. The van der Waals surface area contributed by atoms with Crippen LogP contribution >= 0.6 is 0 Å². The fourth-order valence-corrected chi connectivity index (χ4v) is 2.98. The Bertz CT molecular complexity index is 790. The van der Waals surface area contributed by atoms with Crippen molar-refractivity contribution >= 4 is 5.82 Å². The zero-order valence-electron chi connectivity index (χ0n) is 13.7. The molecule has 1 aliphatic heterocycles. The fraction of sp³-hybridized carbons (Fsp3) is 0.316. The van der Waals surface area contributed by atoms with Crippen molar-refractivity contribution in [2.75, 3.05) is 18.0 Å². The molecular weight excluding hydrogens is 300 g/mol. The zero-order valence-corrected chi connectivity index (χ0v) is 13.7. The van der Waals surface area contributed by atoms with Crippen LogP contribution in [-0.4, -0.2) is 28.2 Å². The molecule has 3 aromatic rings. The highest BCUT2D eigenvalue weighted by molar-refractivity contribution is 5.60. The molecular formula is C19H20N4O. The molecule has 3 heterocycles. The molecule has 4 rings (SSSR count). The van der Waals surface area contributed by atoms with Gasteiger partial charge in [0.1, 0.15) is 5.82 Å². The number of aromatic nitrogens is 3. The minimum Gasteiger partial charge on any atom is -0.357 e. The monoisotopic (exact) mass is 320 g/mol. The molecule has 0 spiro atoms. The summed E-state index contributed by atoms with van der Waals surface area (Å²) in [6.45, 7) is 4.46. The van der Waals surface area contributed by atoms with E-state index in [2.05, 4.69) is 26.9 Å². The second-order valence-electron chi connectivity index (χ2n) is 6.36. The number of benzene rings is 1. The number of hydrogen-bond acceptors (Lipinski definition) is 5. The number of anilines is 1. The third-order valence-electron chi connectivity index (χ3n) is 4.56. The molecule has 1 aliphatic rings. The third-order valence-corrected chi connectivity index (χ3v) is 4.56. The molecule has 24 heavy (non-hydrogen) atoms. The molecule has 0 bridgehead atoms. The van der Waals surface area contributed by atoms with Crippen LogP contribution in [0.2, 0.25) is 0 Å². The summed E-state index contributed by atoms with van der Waals surface area (Å²) in [5, 5.41) is 4.06. The number of rotatable bonds is 3. The van der Waals surface area contributed by atoms with Crippen LogP contribution < -0.4 is 4.90 Å². The van der Waals surface area contributed by atoms with E-state index < -0.39 is 0 Å². The molecule has 0 N–H and O–H groups in total. The predicted octanol–water partition coefficient (Wildman–Crippen LogP) is 4.03. The number of pyridine rings is 1. The Kier molecular flexibility index (Phi) is 3.99. The topological polar surface area (TPSA) is 55.1 Å². The molecule has 0 radical (unpaired) electrons. The minimum atomic E-state index is 0.500. The number of piperidine rings is 1. The Morgan fingerprint density at radius 2 is 1.79 bits per heavy atom. The highest BCUT2D eigenvalue weighted by atomic mass is 16.5. The molecule has 5 heteroatoms. The van der Waals surface area contributed by atoms with Crippen molar-refractivity contribution in [2.24, 2.45) is 5.92 Å². The van der Waals surface area contributed by atoms with Crippen LogP contribution in [0.3, 0.4) is 0 Å². The van der Waals surface area contributed by atoms with Gasteiger partial charge in [-0.05, 0) is 30.9 Å². The standard InChI is InChI=1S/C19H20N4O/c1-14-9-11-23(12-10-14)17-8-7-16(13-20-17)19-21-18(22-24-19)15-5-3-2-4-6-15/h2-8,13-14H,9-12H2,1H3. The molecule has 5 nitrogen and oxygen atoms in total. The largest absolute Gasteiger partial charge is 0.357 e. The Morgan fingerprint density at radius 3 is 2.50 bits per heavy atom. The van der Waals surface area contributed by atoms with E-state index in [0.717, 1.165) is 36.0 Å². The maximum atomic E-state index is 5.39. The van der Waals surface area contributed by atoms with Crippen LogP contribution in [0, 0.1) is 5.92 Å². The summed E-state index contributed by atoms with van der Waals surface area (Å²) < 4.78 is 5.39. The van der Waals surface area contributed by atoms with Gasteiger partial charge in [-0.15, -0.1) is 0 Å². The number of hydrogen-bond donors (Lipinski definition) is 0. The van der Waals surface area contributed by atoms with Gasteiger partial charge in [0, 0.05) is 24.8 Å². The lowest BCUT2D eigenvalue weighted by atomic mass is 9.99. The first-order valence-corrected chi connectivity index (χ1v) is 8.40. The first-order valence-electron chi connectivity index (χ1n) is 8.40. The zero-order chi connectivity index (χ0) is 16.4. The number of nitrogens with zero attached hydrogens (tertiary/aromatic N) is 4. The van der Waals surface area contributed by atoms with Crippen molar-refractivity contribution in [1.82, 2.24) is 15.1 Å². The summed E-state index contributed by atoms with van der Waals surface area (Å²) in [6.07, 6.45) is 4.27. The third kappa shape index (κ3) is 3.02. The first kappa shape index (κ1) is 14.9. The second-order valence-corrected chi connectivity index (χ2v) is 6.36. The summed E-state index contributed by atoms with van der Waals surface area (Å²) in [6, 6.07) is 13.9. The van der Waals surface area contributed by atoms with Crippen molar-refractivity contribution in [2.45, 2.75) is 19.8 Å². The molecule has 1 saturated heterocycles. The SMILES string of the molecule is CC1CCN(c2ccc(-c3nc(-c4ccccc4)no3)cn2)CC1. The maximum absolute atomic E-state index is 5.39. The molecule has 0 amide bonds. The van der Waals surface area contributed by atoms with Crippen molar-refractivity contribution in [3.8, 4) is 22.8 Å². The van der Waals surface area contributed by atoms with Crippen LogP contribution in [0.4, 0.5) is 5.82 Å².